The van der Waals surface area contributed by atoms with Crippen molar-refractivity contribution in [2.75, 3.05) is 13.7 Å². The molecular weight excluding hydrogens is 476 g/mol. The Morgan fingerprint density at radius 1 is 0.971 bits per heavy atom. The van der Waals surface area contributed by atoms with Crippen LogP contribution in [0.15, 0.2) is 84.2 Å². The van der Waals surface area contributed by atoms with Crippen molar-refractivity contribution in [3.05, 3.63) is 100 Å². The van der Waals surface area contributed by atoms with Crippen molar-refractivity contribution in [1.29, 1.82) is 0 Å². The smallest absolute Gasteiger partial charge is 0.358 e. The molecule has 1 aliphatic heterocycles. The summed E-state index contributed by atoms with van der Waals surface area (Å²) in [7, 11) is 1.55. The fourth-order valence-electron chi connectivity index (χ4n) is 3.70. The fraction of sp³-hybridized carbons (Fsp3) is 0.192. The molecule has 9 heteroatoms. The Kier molecular flexibility index (Phi) is 7.23. The fourth-order valence-corrected chi connectivity index (χ4v) is 3.83. The van der Waals surface area contributed by atoms with Gasteiger partial charge in [-0.25, -0.2) is 4.79 Å². The number of nitrogens with zero attached hydrogens (tertiary/aromatic N) is 1. The summed E-state index contributed by atoms with van der Waals surface area (Å²) < 4.78 is 41.6. The molecule has 2 N–H and O–H groups in total. The Hall–Kier alpha value is -3.62. The number of ether oxygens (including phenoxy) is 2. The van der Waals surface area contributed by atoms with Crippen LogP contribution in [-0.2, 0) is 22.0 Å². The highest BCUT2D eigenvalue weighted by Gasteiger charge is 2.45. The van der Waals surface area contributed by atoms with Crippen LogP contribution in [0.1, 0.15) is 18.1 Å². The van der Waals surface area contributed by atoms with E-state index in [1.165, 1.54) is 17.1 Å². The van der Waals surface area contributed by atoms with E-state index in [1.807, 2.05) is 12.1 Å². The van der Waals surface area contributed by atoms with E-state index in [2.05, 4.69) is 11.0 Å². The third kappa shape index (κ3) is 5.23. The lowest BCUT2D eigenvalue weighted by Gasteiger charge is -2.21. The molecule has 0 bridgehead atoms. The van der Waals surface area contributed by atoms with Gasteiger partial charge in [0.05, 0.1) is 20.3 Å². The molecule has 3 aromatic rings. The van der Waals surface area contributed by atoms with E-state index in [4.69, 9.17) is 21.1 Å². The van der Waals surface area contributed by atoms with Gasteiger partial charge in [-0.1, -0.05) is 60.1 Å². The molecule has 0 amide bonds. The second kappa shape index (κ2) is 10.3. The Labute approximate surface area is 207 Å². The lowest BCUT2D eigenvalue weighted by molar-refractivity contribution is -0.141. The molecule has 6 nitrogen and oxygen atoms in total. The van der Waals surface area contributed by atoms with Crippen LogP contribution in [0.5, 0.6) is 5.75 Å². The summed E-state index contributed by atoms with van der Waals surface area (Å²) in [4.78, 5) is 12.7. The lowest BCUT2D eigenvalue weighted by atomic mass is 9.99. The lowest BCUT2D eigenvalue weighted by Crippen LogP contribution is -2.39. The van der Waals surface area contributed by atoms with Gasteiger partial charge in [0, 0.05) is 10.6 Å². The van der Waals surface area contributed by atoms with Gasteiger partial charge in [0.25, 0.3) is 0 Å². The maximum absolute atomic E-state index is 15.7. The van der Waals surface area contributed by atoms with Gasteiger partial charge in [-0.15, -0.1) is 5.53 Å². The second-order valence-corrected chi connectivity index (χ2v) is 8.21. The molecule has 0 atom stereocenters. The van der Waals surface area contributed by atoms with Crippen LogP contribution in [0.4, 0.5) is 8.78 Å². The highest BCUT2D eigenvalue weighted by Crippen LogP contribution is 2.39. The van der Waals surface area contributed by atoms with Crippen molar-refractivity contribution < 1.29 is 23.0 Å². The number of rotatable bonds is 8. The quantitative estimate of drug-likeness (QED) is 0.404. The number of hydrogen-bond donors (Lipinski definition) is 2. The first-order valence-corrected chi connectivity index (χ1v) is 11.3. The minimum absolute atomic E-state index is 0.0490. The van der Waals surface area contributed by atoms with Crippen molar-refractivity contribution in [1.82, 2.24) is 16.0 Å². The zero-order valence-corrected chi connectivity index (χ0v) is 19.9. The number of alkyl halides is 2. The number of nitrogens with one attached hydrogen (secondary N) is 2. The first-order valence-electron chi connectivity index (χ1n) is 10.9. The number of halogens is 3. The number of carbonyl (C=O) groups excluding carboxylic acids is 1. The molecule has 4 rings (SSSR count). The van der Waals surface area contributed by atoms with Crippen molar-refractivity contribution in [2.24, 2.45) is 0 Å². The van der Waals surface area contributed by atoms with Crippen molar-refractivity contribution in [2.45, 2.75) is 19.4 Å². The molecule has 0 unspecified atom stereocenters. The molecule has 1 heterocycles. The number of methoxy groups -OCH3 is 1. The molecule has 182 valence electrons. The summed E-state index contributed by atoms with van der Waals surface area (Å²) in [6.45, 7) is 1.81. The van der Waals surface area contributed by atoms with Crippen molar-refractivity contribution in [3.8, 4) is 16.9 Å². The van der Waals surface area contributed by atoms with E-state index in [9.17, 15) is 4.79 Å². The number of hydrogen-bond acceptors (Lipinski definition) is 6. The normalized spacial score (nSPS) is 13.6. The number of esters is 1. The molecule has 3 aromatic carbocycles. The monoisotopic (exact) mass is 499 g/mol. The maximum Gasteiger partial charge on any atom is 0.358 e. The van der Waals surface area contributed by atoms with E-state index in [-0.39, 0.29) is 24.4 Å². The minimum Gasteiger partial charge on any atom is -0.497 e. The molecule has 0 spiro atoms. The van der Waals surface area contributed by atoms with Crippen LogP contribution >= 0.6 is 11.6 Å². The average Bonchev–Trinajstić information content (AvgIpc) is 3.30. The number of allylic oxidation sites excluding steroid dienone is 1. The van der Waals surface area contributed by atoms with E-state index < -0.39 is 17.6 Å². The molecule has 35 heavy (non-hydrogen) atoms. The van der Waals surface area contributed by atoms with Crippen LogP contribution in [0.3, 0.4) is 0 Å². The van der Waals surface area contributed by atoms with Crippen molar-refractivity contribution >= 4 is 17.6 Å². The van der Waals surface area contributed by atoms with Gasteiger partial charge in [0.15, 0.2) is 5.70 Å². The number of hydrazine groups is 2. The topological polar surface area (TPSA) is 62.8 Å². The zero-order valence-electron chi connectivity index (χ0n) is 19.1. The van der Waals surface area contributed by atoms with Crippen LogP contribution < -0.4 is 15.7 Å². The summed E-state index contributed by atoms with van der Waals surface area (Å²) in [5.41, 5.74) is 6.43. The van der Waals surface area contributed by atoms with Crippen LogP contribution in [0.25, 0.3) is 11.1 Å². The highest BCUT2D eigenvalue weighted by atomic mass is 35.5. The van der Waals surface area contributed by atoms with Gasteiger partial charge >= 0.3 is 11.9 Å². The molecule has 0 saturated heterocycles. The van der Waals surface area contributed by atoms with E-state index >= 15 is 8.78 Å². The van der Waals surface area contributed by atoms with Gasteiger partial charge in [0.2, 0.25) is 0 Å². The summed E-state index contributed by atoms with van der Waals surface area (Å²) in [6.07, 6.45) is 0. The SMILES string of the molecule is CCOC(=O)C1=C(C(F)(F)c2ccc(-c3ccc(Cl)cc3)cc2)NNN1Cc1ccc(OC)cc1. The van der Waals surface area contributed by atoms with Gasteiger partial charge in [-0.05, 0) is 47.9 Å². The van der Waals surface area contributed by atoms with Crippen LogP contribution in [-0.4, -0.2) is 24.7 Å². The Bertz CT molecular complexity index is 1210. The third-order valence-corrected chi connectivity index (χ3v) is 5.78. The molecular formula is C26H24ClF2N3O3. The number of benzene rings is 3. The minimum atomic E-state index is -3.50. The molecule has 1 aliphatic rings. The predicted octanol–water partition coefficient (Wildman–Crippen LogP) is 5.41. The van der Waals surface area contributed by atoms with Crippen LogP contribution in [0.2, 0.25) is 5.02 Å². The Morgan fingerprint density at radius 3 is 2.14 bits per heavy atom. The first kappa shape index (κ1) is 24.5. The van der Waals surface area contributed by atoms with E-state index in [1.54, 1.807) is 62.6 Å². The Morgan fingerprint density at radius 2 is 1.57 bits per heavy atom. The van der Waals surface area contributed by atoms with Gasteiger partial charge in [-0.2, -0.15) is 8.78 Å². The number of carbonyl (C=O) groups is 1. The molecule has 0 radical (unpaired) electrons. The molecule has 0 aromatic heterocycles. The second-order valence-electron chi connectivity index (χ2n) is 7.77. The standard InChI is InChI=1S/C26H24ClF2N3O3/c1-3-35-25(33)23-24(30-31-32(23)16-17-4-14-22(34-2)15-5-17)26(28,29)20-10-6-18(7-11-20)19-8-12-21(27)13-9-19/h4-15,30-31H,3,16H2,1-2H3. The van der Waals surface area contributed by atoms with Gasteiger partial charge in [0.1, 0.15) is 11.4 Å². The van der Waals surface area contributed by atoms with Crippen LogP contribution in [0, 0.1) is 0 Å². The molecule has 0 aliphatic carbocycles. The molecule has 0 saturated carbocycles. The summed E-state index contributed by atoms with van der Waals surface area (Å²) >= 11 is 5.93. The first-order chi connectivity index (χ1) is 16.8. The van der Waals surface area contributed by atoms with Crippen molar-refractivity contribution in [3.63, 3.8) is 0 Å². The third-order valence-electron chi connectivity index (χ3n) is 5.53. The van der Waals surface area contributed by atoms with Gasteiger partial charge < -0.3 is 9.47 Å². The Balaban J connectivity index is 1.65. The summed E-state index contributed by atoms with van der Waals surface area (Å²) in [5, 5.41) is 1.90. The summed E-state index contributed by atoms with van der Waals surface area (Å²) in [5.74, 6) is -3.69. The highest BCUT2D eigenvalue weighted by molar-refractivity contribution is 6.30. The maximum atomic E-state index is 15.7. The molecule has 0 fully saturated rings. The average molecular weight is 500 g/mol. The zero-order chi connectivity index (χ0) is 25.0. The summed E-state index contributed by atoms with van der Waals surface area (Å²) in [6, 6.07) is 20.1. The van der Waals surface area contributed by atoms with E-state index in [0.29, 0.717) is 10.8 Å². The predicted molar refractivity (Wildman–Crippen MR) is 129 cm³/mol. The largest absolute Gasteiger partial charge is 0.497 e. The van der Waals surface area contributed by atoms with E-state index in [0.717, 1.165) is 16.7 Å². The van der Waals surface area contributed by atoms with Gasteiger partial charge in [-0.3, -0.25) is 10.4 Å².